The van der Waals surface area contributed by atoms with Gasteiger partial charge in [0.2, 0.25) is 0 Å². The highest BCUT2D eigenvalue weighted by atomic mass is 19.1. The molecule has 0 radical (unpaired) electrons. The van der Waals surface area contributed by atoms with E-state index < -0.39 is 11.6 Å². The molecule has 1 aliphatic heterocycles. The Hall–Kier alpha value is -2.08. The van der Waals surface area contributed by atoms with Gasteiger partial charge in [-0.3, -0.25) is 4.79 Å². The van der Waals surface area contributed by atoms with Crippen LogP contribution in [0.25, 0.3) is 11.4 Å². The molecule has 0 aliphatic carbocycles. The molecule has 4 nitrogen and oxygen atoms in total. The fraction of sp³-hybridized carbons (Fsp3) is 0.167. The number of hydrogen-bond acceptors (Lipinski definition) is 3. The van der Waals surface area contributed by atoms with Crippen molar-refractivity contribution in [2.24, 2.45) is 0 Å². The van der Waals surface area contributed by atoms with Crippen LogP contribution in [0.1, 0.15) is 11.3 Å². The summed E-state index contributed by atoms with van der Waals surface area (Å²) in [5.74, 6) is -1.22. The maximum Gasteiger partial charge on any atom is 0.255 e. The molecule has 0 saturated heterocycles. The third kappa shape index (κ3) is 1.80. The van der Waals surface area contributed by atoms with Crippen LogP contribution in [0.3, 0.4) is 0 Å². The first-order valence-corrected chi connectivity index (χ1v) is 5.43. The summed E-state index contributed by atoms with van der Waals surface area (Å²) in [7, 11) is 0. The van der Waals surface area contributed by atoms with E-state index in [-0.39, 0.29) is 16.9 Å². The van der Waals surface area contributed by atoms with Crippen LogP contribution in [0.15, 0.2) is 23.0 Å². The number of halogens is 2. The Kier molecular flexibility index (Phi) is 2.45. The van der Waals surface area contributed by atoms with E-state index in [0.717, 1.165) is 18.2 Å². The lowest BCUT2D eigenvalue weighted by Crippen LogP contribution is -2.15. The summed E-state index contributed by atoms with van der Waals surface area (Å²) in [5, 5.41) is 3.00. The number of aromatic amines is 1. The topological polar surface area (TPSA) is 57.8 Å². The molecule has 0 spiro atoms. The van der Waals surface area contributed by atoms with Crippen molar-refractivity contribution in [1.82, 2.24) is 15.3 Å². The van der Waals surface area contributed by atoms with E-state index in [1.165, 1.54) is 0 Å². The van der Waals surface area contributed by atoms with Crippen LogP contribution in [0, 0.1) is 11.6 Å². The van der Waals surface area contributed by atoms with Gasteiger partial charge in [0, 0.05) is 24.7 Å². The normalized spacial score (nSPS) is 13.7. The van der Waals surface area contributed by atoms with Crippen LogP contribution in [0.2, 0.25) is 0 Å². The predicted molar refractivity (Wildman–Crippen MR) is 60.8 cm³/mol. The van der Waals surface area contributed by atoms with Crippen LogP contribution >= 0.6 is 0 Å². The van der Waals surface area contributed by atoms with Gasteiger partial charge >= 0.3 is 0 Å². The molecule has 0 unspecified atom stereocenters. The highest BCUT2D eigenvalue weighted by Crippen LogP contribution is 2.19. The minimum atomic E-state index is -0.703. The quantitative estimate of drug-likeness (QED) is 0.801. The van der Waals surface area contributed by atoms with E-state index in [9.17, 15) is 13.6 Å². The van der Waals surface area contributed by atoms with Crippen LogP contribution in [0.4, 0.5) is 8.78 Å². The Bertz CT molecular complexity index is 661. The third-order valence-corrected chi connectivity index (χ3v) is 2.83. The van der Waals surface area contributed by atoms with Crippen molar-refractivity contribution in [2.75, 3.05) is 0 Å². The van der Waals surface area contributed by atoms with Crippen molar-refractivity contribution in [3.8, 4) is 11.4 Å². The highest BCUT2D eigenvalue weighted by molar-refractivity contribution is 5.55. The Morgan fingerprint density at radius 1 is 1.11 bits per heavy atom. The van der Waals surface area contributed by atoms with Gasteiger partial charge < -0.3 is 10.3 Å². The number of fused-ring (bicyclic) bond motifs is 1. The zero-order valence-electron chi connectivity index (χ0n) is 9.26. The molecule has 0 amide bonds. The van der Waals surface area contributed by atoms with E-state index in [1.54, 1.807) is 0 Å². The first-order valence-electron chi connectivity index (χ1n) is 5.43. The third-order valence-electron chi connectivity index (χ3n) is 2.83. The molecule has 2 heterocycles. The van der Waals surface area contributed by atoms with Gasteiger partial charge in [-0.25, -0.2) is 13.8 Å². The van der Waals surface area contributed by atoms with Crippen LogP contribution in [-0.2, 0) is 13.1 Å². The van der Waals surface area contributed by atoms with E-state index in [1.807, 2.05) is 0 Å². The number of hydrogen-bond donors (Lipinski definition) is 2. The first kappa shape index (κ1) is 11.0. The molecule has 2 aromatic rings. The molecule has 6 heteroatoms. The highest BCUT2D eigenvalue weighted by Gasteiger charge is 2.17. The van der Waals surface area contributed by atoms with Crippen molar-refractivity contribution in [3.05, 3.63) is 51.4 Å². The lowest BCUT2D eigenvalue weighted by Gasteiger charge is -2.04. The minimum Gasteiger partial charge on any atom is -0.307 e. The van der Waals surface area contributed by atoms with Crippen molar-refractivity contribution in [3.63, 3.8) is 0 Å². The van der Waals surface area contributed by atoms with Gasteiger partial charge in [-0.15, -0.1) is 0 Å². The summed E-state index contributed by atoms with van der Waals surface area (Å²) in [6.45, 7) is 0.958. The van der Waals surface area contributed by atoms with Crippen molar-refractivity contribution < 1.29 is 8.78 Å². The van der Waals surface area contributed by atoms with Gasteiger partial charge in [0.15, 0.2) is 0 Å². The zero-order valence-corrected chi connectivity index (χ0v) is 9.26. The van der Waals surface area contributed by atoms with E-state index in [0.29, 0.717) is 24.3 Å². The largest absolute Gasteiger partial charge is 0.307 e. The Balaban J connectivity index is 2.18. The smallest absolute Gasteiger partial charge is 0.255 e. The molecule has 1 aromatic carbocycles. The molecule has 18 heavy (non-hydrogen) atoms. The maximum atomic E-state index is 13.1. The Morgan fingerprint density at radius 3 is 2.56 bits per heavy atom. The van der Waals surface area contributed by atoms with Crippen molar-refractivity contribution in [2.45, 2.75) is 13.1 Å². The second kappa shape index (κ2) is 3.99. The first-order chi connectivity index (χ1) is 8.63. The molecule has 2 N–H and O–H groups in total. The van der Waals surface area contributed by atoms with E-state index in [2.05, 4.69) is 15.3 Å². The molecular formula is C12H9F2N3O. The van der Waals surface area contributed by atoms with Gasteiger partial charge in [0.1, 0.15) is 17.5 Å². The molecule has 3 rings (SSSR count). The summed E-state index contributed by atoms with van der Waals surface area (Å²) in [4.78, 5) is 18.5. The zero-order chi connectivity index (χ0) is 12.7. The number of aromatic nitrogens is 2. The minimum absolute atomic E-state index is 0.181. The summed E-state index contributed by atoms with van der Waals surface area (Å²) >= 11 is 0. The maximum absolute atomic E-state index is 13.1. The predicted octanol–water partition coefficient (Wildman–Crippen LogP) is 1.32. The lowest BCUT2D eigenvalue weighted by atomic mass is 10.2. The molecule has 1 aromatic heterocycles. The Labute approximate surface area is 101 Å². The van der Waals surface area contributed by atoms with E-state index >= 15 is 0 Å². The summed E-state index contributed by atoms with van der Waals surface area (Å²) in [6.07, 6.45) is 0. The fourth-order valence-corrected chi connectivity index (χ4v) is 2.01. The molecular weight excluding hydrogens is 240 g/mol. The summed E-state index contributed by atoms with van der Waals surface area (Å²) < 4.78 is 26.2. The SMILES string of the molecule is O=c1[nH]c(-c2cc(F)cc(F)c2)nc2c1CNC2. The molecule has 0 fully saturated rings. The van der Waals surface area contributed by atoms with Crippen LogP contribution in [0.5, 0.6) is 0 Å². The lowest BCUT2D eigenvalue weighted by molar-refractivity contribution is 0.584. The molecule has 1 aliphatic rings. The second-order valence-corrected chi connectivity index (χ2v) is 4.10. The van der Waals surface area contributed by atoms with Crippen molar-refractivity contribution in [1.29, 1.82) is 0 Å². The van der Waals surface area contributed by atoms with Gasteiger partial charge in [-0.05, 0) is 12.1 Å². The molecule has 0 atom stereocenters. The van der Waals surface area contributed by atoms with Crippen LogP contribution in [-0.4, -0.2) is 9.97 Å². The summed E-state index contributed by atoms with van der Waals surface area (Å²) in [5.41, 5.74) is 1.15. The summed E-state index contributed by atoms with van der Waals surface area (Å²) in [6, 6.07) is 3.04. The number of benzene rings is 1. The number of nitrogens with one attached hydrogen (secondary N) is 2. The Morgan fingerprint density at radius 2 is 1.83 bits per heavy atom. The van der Waals surface area contributed by atoms with Crippen LogP contribution < -0.4 is 10.9 Å². The average molecular weight is 249 g/mol. The number of nitrogens with zero attached hydrogens (tertiary/aromatic N) is 1. The van der Waals surface area contributed by atoms with Gasteiger partial charge in [-0.2, -0.15) is 0 Å². The van der Waals surface area contributed by atoms with Gasteiger partial charge in [0.25, 0.3) is 5.56 Å². The fourth-order valence-electron chi connectivity index (χ4n) is 2.01. The monoisotopic (exact) mass is 249 g/mol. The number of H-pyrrole nitrogens is 1. The molecule has 92 valence electrons. The van der Waals surface area contributed by atoms with Gasteiger partial charge in [-0.1, -0.05) is 0 Å². The number of rotatable bonds is 1. The second-order valence-electron chi connectivity index (χ2n) is 4.10. The standard InChI is InChI=1S/C12H9F2N3O/c13-7-1-6(2-8(14)3-7)11-16-10-5-15-4-9(10)12(18)17-11/h1-3,15H,4-5H2,(H,16,17,18). The average Bonchev–Trinajstić information content (AvgIpc) is 2.76. The molecule has 0 bridgehead atoms. The van der Waals surface area contributed by atoms with E-state index in [4.69, 9.17) is 0 Å². The van der Waals surface area contributed by atoms with Gasteiger partial charge in [0.05, 0.1) is 11.3 Å². The van der Waals surface area contributed by atoms with Crippen molar-refractivity contribution >= 4 is 0 Å². The molecule has 0 saturated carbocycles.